The zero-order chi connectivity index (χ0) is 12.1. The zero-order valence-corrected chi connectivity index (χ0v) is 10.2. The molecule has 0 amide bonds. The van der Waals surface area contributed by atoms with E-state index < -0.39 is 0 Å². The Balaban J connectivity index is 1.94. The third-order valence-corrected chi connectivity index (χ3v) is 2.85. The van der Waals surface area contributed by atoms with Gasteiger partial charge in [0.2, 0.25) is 0 Å². The van der Waals surface area contributed by atoms with E-state index in [4.69, 9.17) is 10.2 Å². The first-order valence-corrected chi connectivity index (χ1v) is 6.11. The maximum absolute atomic E-state index is 6.18. The summed E-state index contributed by atoms with van der Waals surface area (Å²) in [6, 6.07) is 5.91. The lowest BCUT2D eigenvalue weighted by Crippen LogP contribution is -2.17. The molecule has 4 heteroatoms. The highest BCUT2D eigenvalue weighted by Gasteiger charge is 2.12. The molecule has 2 aromatic rings. The summed E-state index contributed by atoms with van der Waals surface area (Å²) in [6.45, 7) is 3.07. The predicted molar refractivity (Wildman–Crippen MR) is 66.5 cm³/mol. The largest absolute Gasteiger partial charge is 0.469 e. The molecule has 0 radical (unpaired) electrons. The topological polar surface area (TPSA) is 57.0 Å². The fraction of sp³-hybridized carbons (Fsp3) is 0.462. The quantitative estimate of drug-likeness (QED) is 0.834. The van der Waals surface area contributed by atoms with Crippen molar-refractivity contribution in [3.05, 3.63) is 42.1 Å². The second kappa shape index (κ2) is 5.68. The number of rotatable bonds is 6. The molecule has 17 heavy (non-hydrogen) atoms. The molecule has 0 saturated carbocycles. The normalized spacial score (nSPS) is 12.8. The van der Waals surface area contributed by atoms with Gasteiger partial charge in [-0.05, 0) is 31.0 Å². The molecule has 2 heterocycles. The van der Waals surface area contributed by atoms with E-state index in [0.29, 0.717) is 0 Å². The summed E-state index contributed by atoms with van der Waals surface area (Å²) in [5.41, 5.74) is 7.29. The van der Waals surface area contributed by atoms with Crippen molar-refractivity contribution in [1.82, 2.24) is 9.78 Å². The summed E-state index contributed by atoms with van der Waals surface area (Å²) in [4.78, 5) is 0. The van der Waals surface area contributed by atoms with Gasteiger partial charge in [0.1, 0.15) is 5.76 Å². The molecule has 0 bridgehead atoms. The van der Waals surface area contributed by atoms with Gasteiger partial charge in [-0.1, -0.05) is 6.92 Å². The molecular weight excluding hydrogens is 214 g/mol. The molecule has 0 saturated heterocycles. The van der Waals surface area contributed by atoms with Crippen molar-refractivity contribution in [2.75, 3.05) is 0 Å². The smallest absolute Gasteiger partial charge is 0.103 e. The van der Waals surface area contributed by atoms with Crippen LogP contribution in [0.15, 0.2) is 35.1 Å². The molecule has 4 nitrogen and oxygen atoms in total. The summed E-state index contributed by atoms with van der Waals surface area (Å²) in [5.74, 6) is 0.988. The zero-order valence-electron chi connectivity index (χ0n) is 10.2. The van der Waals surface area contributed by atoms with Crippen LogP contribution in [0.25, 0.3) is 0 Å². The highest BCUT2D eigenvalue weighted by atomic mass is 16.3. The van der Waals surface area contributed by atoms with Crippen LogP contribution >= 0.6 is 0 Å². The molecule has 1 atom stereocenters. The fourth-order valence-electron chi connectivity index (χ4n) is 1.96. The van der Waals surface area contributed by atoms with Gasteiger partial charge in [0, 0.05) is 25.2 Å². The second-order valence-electron chi connectivity index (χ2n) is 4.20. The first-order valence-electron chi connectivity index (χ1n) is 6.11. The molecular formula is C13H19N3O. The minimum Gasteiger partial charge on any atom is -0.469 e. The van der Waals surface area contributed by atoms with Crippen molar-refractivity contribution in [3.63, 3.8) is 0 Å². The summed E-state index contributed by atoms with van der Waals surface area (Å²) in [5, 5.41) is 4.29. The number of furan rings is 1. The van der Waals surface area contributed by atoms with Crippen LogP contribution < -0.4 is 5.73 Å². The number of nitrogens with two attached hydrogens (primary N) is 1. The van der Waals surface area contributed by atoms with Crippen molar-refractivity contribution < 1.29 is 4.42 Å². The SMILES string of the molecule is CCCn1nccc1C(N)CCc1ccco1. The number of hydrogen-bond acceptors (Lipinski definition) is 3. The van der Waals surface area contributed by atoms with Crippen LogP contribution in [0.1, 0.15) is 37.3 Å². The van der Waals surface area contributed by atoms with E-state index in [0.717, 1.165) is 37.3 Å². The molecule has 0 aliphatic carbocycles. The number of aryl methyl sites for hydroxylation is 2. The van der Waals surface area contributed by atoms with E-state index in [1.54, 1.807) is 6.26 Å². The molecule has 0 spiro atoms. The predicted octanol–water partition coefficient (Wildman–Crippen LogP) is 2.52. The second-order valence-corrected chi connectivity index (χ2v) is 4.20. The summed E-state index contributed by atoms with van der Waals surface area (Å²) >= 11 is 0. The average Bonchev–Trinajstić information content (AvgIpc) is 2.97. The van der Waals surface area contributed by atoms with Crippen molar-refractivity contribution in [2.24, 2.45) is 5.73 Å². The molecule has 0 fully saturated rings. The van der Waals surface area contributed by atoms with Crippen LogP contribution in [0.5, 0.6) is 0 Å². The summed E-state index contributed by atoms with van der Waals surface area (Å²) < 4.78 is 7.29. The van der Waals surface area contributed by atoms with Crippen LogP contribution in [0.2, 0.25) is 0 Å². The Morgan fingerprint density at radius 2 is 2.35 bits per heavy atom. The minimum absolute atomic E-state index is 0.0224. The molecule has 0 aromatic carbocycles. The number of nitrogens with zero attached hydrogens (tertiary/aromatic N) is 2. The van der Waals surface area contributed by atoms with Crippen molar-refractivity contribution in [3.8, 4) is 0 Å². The molecule has 2 rings (SSSR count). The lowest BCUT2D eigenvalue weighted by Gasteiger charge is -2.13. The van der Waals surface area contributed by atoms with E-state index in [-0.39, 0.29) is 6.04 Å². The highest BCUT2D eigenvalue weighted by Crippen LogP contribution is 2.17. The van der Waals surface area contributed by atoms with E-state index in [1.807, 2.05) is 29.1 Å². The van der Waals surface area contributed by atoms with Gasteiger partial charge >= 0.3 is 0 Å². The maximum Gasteiger partial charge on any atom is 0.103 e. The first kappa shape index (κ1) is 11.9. The molecule has 0 aliphatic heterocycles. The third-order valence-electron chi connectivity index (χ3n) is 2.85. The average molecular weight is 233 g/mol. The number of hydrogen-bond donors (Lipinski definition) is 1. The Bertz CT molecular complexity index is 433. The Kier molecular flexibility index (Phi) is 3.98. The van der Waals surface area contributed by atoms with Gasteiger partial charge in [0.05, 0.1) is 12.0 Å². The van der Waals surface area contributed by atoms with Crippen LogP contribution in [0, 0.1) is 0 Å². The molecule has 1 unspecified atom stereocenters. The van der Waals surface area contributed by atoms with Crippen molar-refractivity contribution >= 4 is 0 Å². The molecule has 2 aromatic heterocycles. The number of aromatic nitrogens is 2. The van der Waals surface area contributed by atoms with Crippen LogP contribution in [0.3, 0.4) is 0 Å². The lowest BCUT2D eigenvalue weighted by molar-refractivity contribution is 0.473. The highest BCUT2D eigenvalue weighted by molar-refractivity contribution is 5.07. The van der Waals surface area contributed by atoms with Crippen molar-refractivity contribution in [2.45, 2.75) is 38.8 Å². The van der Waals surface area contributed by atoms with Gasteiger partial charge in [0.25, 0.3) is 0 Å². The van der Waals surface area contributed by atoms with Gasteiger partial charge in [-0.2, -0.15) is 5.10 Å². The van der Waals surface area contributed by atoms with E-state index in [1.165, 1.54) is 0 Å². The first-order chi connectivity index (χ1) is 8.31. The molecule has 2 N–H and O–H groups in total. The Morgan fingerprint density at radius 1 is 1.47 bits per heavy atom. The molecule has 0 aliphatic rings. The van der Waals surface area contributed by atoms with Crippen LogP contribution in [-0.4, -0.2) is 9.78 Å². The van der Waals surface area contributed by atoms with Gasteiger partial charge in [0.15, 0.2) is 0 Å². The van der Waals surface area contributed by atoms with E-state index in [9.17, 15) is 0 Å². The Morgan fingerprint density at radius 3 is 3.06 bits per heavy atom. The third kappa shape index (κ3) is 2.97. The summed E-state index contributed by atoms with van der Waals surface area (Å²) in [6.07, 6.45) is 6.33. The maximum atomic E-state index is 6.18. The summed E-state index contributed by atoms with van der Waals surface area (Å²) in [7, 11) is 0. The van der Waals surface area contributed by atoms with E-state index in [2.05, 4.69) is 12.0 Å². The monoisotopic (exact) mass is 233 g/mol. The minimum atomic E-state index is 0.0224. The van der Waals surface area contributed by atoms with Gasteiger partial charge in [-0.3, -0.25) is 4.68 Å². The Labute approximate surface area is 101 Å². The van der Waals surface area contributed by atoms with Gasteiger partial charge in [-0.25, -0.2) is 0 Å². The van der Waals surface area contributed by atoms with Gasteiger partial charge < -0.3 is 10.2 Å². The Hall–Kier alpha value is -1.55. The lowest BCUT2D eigenvalue weighted by atomic mass is 10.1. The fourth-order valence-corrected chi connectivity index (χ4v) is 1.96. The van der Waals surface area contributed by atoms with Crippen LogP contribution in [-0.2, 0) is 13.0 Å². The molecule has 92 valence electrons. The van der Waals surface area contributed by atoms with Crippen molar-refractivity contribution in [1.29, 1.82) is 0 Å². The van der Waals surface area contributed by atoms with Gasteiger partial charge in [-0.15, -0.1) is 0 Å². The van der Waals surface area contributed by atoms with Crippen LogP contribution in [0.4, 0.5) is 0 Å². The standard InChI is InChI=1S/C13H19N3O/c1-2-9-16-13(7-8-15-16)12(14)6-5-11-4-3-10-17-11/h3-4,7-8,10,12H,2,5-6,9,14H2,1H3. The van der Waals surface area contributed by atoms with E-state index >= 15 is 0 Å².